The molecule has 0 aliphatic carbocycles. The molecule has 2 aromatic rings. The molecule has 0 aliphatic heterocycles. The van der Waals surface area contributed by atoms with Crippen LogP contribution in [0.5, 0.6) is 5.75 Å². The van der Waals surface area contributed by atoms with Gasteiger partial charge in [-0.05, 0) is 63.9 Å². The van der Waals surface area contributed by atoms with Crippen LogP contribution in [0.2, 0.25) is 0 Å². The van der Waals surface area contributed by atoms with Gasteiger partial charge in [0.15, 0.2) is 5.96 Å². The number of hydrogen-bond donors (Lipinski definition) is 2. The lowest BCUT2D eigenvalue weighted by Crippen LogP contribution is -2.24. The van der Waals surface area contributed by atoms with Crippen LogP contribution in [-0.2, 0) is 6.54 Å². The van der Waals surface area contributed by atoms with Crippen molar-refractivity contribution in [1.82, 2.24) is 9.78 Å². The van der Waals surface area contributed by atoms with E-state index in [1.807, 2.05) is 49.7 Å². The third-order valence-electron chi connectivity index (χ3n) is 3.66. The lowest BCUT2D eigenvalue weighted by Gasteiger charge is -2.12. The van der Waals surface area contributed by atoms with E-state index < -0.39 is 0 Å². The van der Waals surface area contributed by atoms with Crippen molar-refractivity contribution in [2.24, 2.45) is 16.6 Å². The molecule has 26 heavy (non-hydrogen) atoms. The fourth-order valence-corrected chi connectivity index (χ4v) is 2.54. The van der Waals surface area contributed by atoms with E-state index in [1.54, 1.807) is 0 Å². The second-order valence-corrected chi connectivity index (χ2v) is 6.76. The van der Waals surface area contributed by atoms with Gasteiger partial charge < -0.3 is 15.8 Å². The van der Waals surface area contributed by atoms with Crippen molar-refractivity contribution in [3.63, 3.8) is 0 Å². The van der Waals surface area contributed by atoms with Crippen LogP contribution < -0.4 is 15.8 Å². The minimum absolute atomic E-state index is 0. The van der Waals surface area contributed by atoms with Gasteiger partial charge in [0, 0.05) is 24.5 Å². The predicted molar refractivity (Wildman–Crippen MR) is 119 cm³/mol. The first kappa shape index (κ1) is 22.3. The molecular formula is C19H30IN5O. The molecule has 0 radical (unpaired) electrons. The van der Waals surface area contributed by atoms with Crippen LogP contribution in [0.15, 0.2) is 35.3 Å². The normalized spacial score (nSPS) is 12.6. The van der Waals surface area contributed by atoms with Gasteiger partial charge in [-0.3, -0.25) is 9.67 Å². The summed E-state index contributed by atoms with van der Waals surface area (Å²) in [5.41, 5.74) is 9.09. The zero-order valence-corrected chi connectivity index (χ0v) is 18.5. The molecular weight excluding hydrogens is 441 g/mol. The molecule has 1 aromatic heterocycles. The summed E-state index contributed by atoms with van der Waals surface area (Å²) in [7, 11) is 0. The van der Waals surface area contributed by atoms with Crippen molar-refractivity contribution in [1.29, 1.82) is 0 Å². The summed E-state index contributed by atoms with van der Waals surface area (Å²) in [4.78, 5) is 4.43. The van der Waals surface area contributed by atoms with Crippen LogP contribution in [0, 0.1) is 19.8 Å². The van der Waals surface area contributed by atoms with Gasteiger partial charge in [0.2, 0.25) is 0 Å². The topological polar surface area (TPSA) is 77.5 Å². The predicted octanol–water partition coefficient (Wildman–Crippen LogP) is 3.97. The van der Waals surface area contributed by atoms with Gasteiger partial charge >= 0.3 is 0 Å². The van der Waals surface area contributed by atoms with Gasteiger partial charge in [-0.25, -0.2) is 0 Å². The summed E-state index contributed by atoms with van der Waals surface area (Å²) < 4.78 is 7.64. The van der Waals surface area contributed by atoms with Crippen LogP contribution in [0.25, 0.3) is 0 Å². The lowest BCUT2D eigenvalue weighted by atomic mass is 10.2. The van der Waals surface area contributed by atoms with E-state index in [1.165, 1.54) is 5.69 Å². The molecule has 6 nitrogen and oxygen atoms in total. The van der Waals surface area contributed by atoms with Gasteiger partial charge in [-0.15, -0.1) is 24.0 Å². The number of aliphatic imine (C=N–C) groups is 1. The molecule has 1 atom stereocenters. The summed E-state index contributed by atoms with van der Waals surface area (Å²) >= 11 is 0. The third-order valence-corrected chi connectivity index (χ3v) is 3.66. The molecule has 3 N–H and O–H groups in total. The second kappa shape index (κ2) is 10.4. The number of halogens is 1. The number of hydrogen-bond acceptors (Lipinski definition) is 3. The Morgan fingerprint density at radius 1 is 1.23 bits per heavy atom. The molecule has 0 aliphatic rings. The van der Waals surface area contributed by atoms with Gasteiger partial charge in [-0.1, -0.05) is 6.92 Å². The van der Waals surface area contributed by atoms with Gasteiger partial charge in [0.1, 0.15) is 5.75 Å². The van der Waals surface area contributed by atoms with Crippen molar-refractivity contribution in [3.8, 4) is 5.75 Å². The summed E-state index contributed by atoms with van der Waals surface area (Å²) in [6.07, 6.45) is 0.161. The Balaban J connectivity index is 0.00000338. The summed E-state index contributed by atoms with van der Waals surface area (Å²) in [6, 6.07) is 9.78. The SMILES string of the molecule is Cc1cc(C)n(CC(C)CN=C(N)Nc2ccc(OC(C)C)cc2)n1.I. The smallest absolute Gasteiger partial charge is 0.193 e. The minimum Gasteiger partial charge on any atom is -0.491 e. The van der Waals surface area contributed by atoms with Gasteiger partial charge in [0.05, 0.1) is 11.8 Å². The van der Waals surface area contributed by atoms with Crippen molar-refractivity contribution >= 4 is 35.6 Å². The van der Waals surface area contributed by atoms with Crippen LogP contribution in [0.1, 0.15) is 32.2 Å². The molecule has 1 heterocycles. The number of rotatable bonds is 7. The molecule has 2 rings (SSSR count). The Morgan fingerprint density at radius 3 is 2.42 bits per heavy atom. The fourth-order valence-electron chi connectivity index (χ4n) is 2.54. The van der Waals surface area contributed by atoms with Crippen molar-refractivity contribution in [2.75, 3.05) is 11.9 Å². The van der Waals surface area contributed by atoms with E-state index >= 15 is 0 Å². The number of ether oxygens (including phenoxy) is 1. The molecule has 1 unspecified atom stereocenters. The molecule has 7 heteroatoms. The van der Waals surface area contributed by atoms with E-state index in [-0.39, 0.29) is 30.1 Å². The summed E-state index contributed by atoms with van der Waals surface area (Å²) in [5.74, 6) is 1.60. The van der Waals surface area contributed by atoms with Gasteiger partial charge in [-0.2, -0.15) is 5.10 Å². The summed E-state index contributed by atoms with van der Waals surface area (Å²) in [6.45, 7) is 11.7. The Bertz CT molecular complexity index is 709. The average molecular weight is 471 g/mol. The van der Waals surface area contributed by atoms with E-state index in [0.29, 0.717) is 18.4 Å². The number of nitrogens with one attached hydrogen (secondary N) is 1. The van der Waals surface area contributed by atoms with Crippen molar-refractivity contribution in [3.05, 3.63) is 41.7 Å². The molecule has 0 amide bonds. The highest BCUT2D eigenvalue weighted by Crippen LogP contribution is 2.16. The Morgan fingerprint density at radius 2 is 1.88 bits per heavy atom. The maximum absolute atomic E-state index is 5.99. The number of benzene rings is 1. The quantitative estimate of drug-likeness (QED) is 0.364. The first-order valence-electron chi connectivity index (χ1n) is 8.68. The number of aromatic nitrogens is 2. The van der Waals surface area contributed by atoms with Crippen LogP contribution >= 0.6 is 24.0 Å². The van der Waals surface area contributed by atoms with Crippen molar-refractivity contribution in [2.45, 2.75) is 47.3 Å². The molecule has 0 fully saturated rings. The highest BCUT2D eigenvalue weighted by molar-refractivity contribution is 14.0. The monoisotopic (exact) mass is 471 g/mol. The maximum atomic E-state index is 5.99. The highest BCUT2D eigenvalue weighted by Gasteiger charge is 2.07. The molecule has 0 bridgehead atoms. The number of aryl methyl sites for hydroxylation is 2. The second-order valence-electron chi connectivity index (χ2n) is 6.76. The Kier molecular flexibility index (Phi) is 8.91. The third kappa shape index (κ3) is 7.23. The Hall–Kier alpha value is -1.77. The summed E-state index contributed by atoms with van der Waals surface area (Å²) in [5, 5.41) is 7.59. The van der Waals surface area contributed by atoms with Crippen LogP contribution in [0.3, 0.4) is 0 Å². The number of nitrogens with zero attached hydrogens (tertiary/aromatic N) is 3. The zero-order valence-electron chi connectivity index (χ0n) is 16.2. The lowest BCUT2D eigenvalue weighted by molar-refractivity contribution is 0.242. The molecule has 144 valence electrons. The molecule has 0 saturated carbocycles. The molecule has 0 saturated heterocycles. The first-order valence-corrected chi connectivity index (χ1v) is 8.68. The maximum Gasteiger partial charge on any atom is 0.193 e. The van der Waals surface area contributed by atoms with Crippen LogP contribution in [0.4, 0.5) is 5.69 Å². The van der Waals surface area contributed by atoms with E-state index in [4.69, 9.17) is 10.5 Å². The first-order chi connectivity index (χ1) is 11.8. The average Bonchev–Trinajstić information content (AvgIpc) is 2.84. The van der Waals surface area contributed by atoms with E-state index in [9.17, 15) is 0 Å². The number of nitrogens with two attached hydrogens (primary N) is 1. The number of anilines is 1. The number of guanidine groups is 1. The zero-order chi connectivity index (χ0) is 18.4. The van der Waals surface area contributed by atoms with Crippen LogP contribution in [-0.4, -0.2) is 28.4 Å². The Labute approximate surface area is 173 Å². The fraction of sp³-hybridized carbons (Fsp3) is 0.474. The minimum atomic E-state index is 0. The van der Waals surface area contributed by atoms with Gasteiger partial charge in [0.25, 0.3) is 0 Å². The highest BCUT2D eigenvalue weighted by atomic mass is 127. The largest absolute Gasteiger partial charge is 0.491 e. The van der Waals surface area contributed by atoms with E-state index in [2.05, 4.69) is 35.3 Å². The standard InChI is InChI=1S/C19H29N5O.HI/c1-13(2)25-18-8-6-17(7-9-18)22-19(20)21-11-14(3)12-24-16(5)10-15(4)23-24;/h6-10,13-14H,11-12H2,1-5H3,(H3,20,21,22);1H. The molecule has 1 aromatic carbocycles. The van der Waals surface area contributed by atoms with E-state index in [0.717, 1.165) is 23.7 Å². The van der Waals surface area contributed by atoms with Crippen molar-refractivity contribution < 1.29 is 4.74 Å². The molecule has 0 spiro atoms.